The molecule has 1 aliphatic rings. The van der Waals surface area contributed by atoms with Gasteiger partial charge in [-0.05, 0) is 18.9 Å². The first-order valence-corrected chi connectivity index (χ1v) is 5.91. The van der Waals surface area contributed by atoms with Crippen LogP contribution in [0.25, 0.3) is 5.65 Å². The number of fused-ring (bicyclic) bond motifs is 1. The molecule has 1 N–H and O–H groups in total. The first-order valence-electron chi connectivity index (χ1n) is 5.91. The second-order valence-electron chi connectivity index (χ2n) is 4.36. The molecule has 1 fully saturated rings. The molecule has 2 aromatic rings. The van der Waals surface area contributed by atoms with Gasteiger partial charge >= 0.3 is 5.97 Å². The molecule has 0 spiro atoms. The largest absolute Gasteiger partial charge is 0.477 e. The molecule has 0 bridgehead atoms. The van der Waals surface area contributed by atoms with Gasteiger partial charge in [0, 0.05) is 31.0 Å². The quantitative estimate of drug-likeness (QED) is 0.866. The maximum Gasteiger partial charge on any atom is 0.341 e. The van der Waals surface area contributed by atoms with Gasteiger partial charge in [0.2, 0.25) is 0 Å². The molecule has 3 rings (SSSR count). The predicted octanol–water partition coefficient (Wildman–Crippen LogP) is 1.32. The minimum atomic E-state index is -0.998. The third-order valence-corrected chi connectivity index (χ3v) is 3.30. The molecule has 1 saturated heterocycles. The Morgan fingerprint density at radius 2 is 2.22 bits per heavy atom. The van der Waals surface area contributed by atoms with Crippen LogP contribution < -0.4 is 0 Å². The molecule has 0 saturated carbocycles. The summed E-state index contributed by atoms with van der Waals surface area (Å²) >= 11 is 0. The van der Waals surface area contributed by atoms with Crippen molar-refractivity contribution in [3.8, 4) is 0 Å². The van der Waals surface area contributed by atoms with Crippen LogP contribution in [0.15, 0.2) is 18.5 Å². The maximum atomic E-state index is 11.1. The molecule has 6 heteroatoms. The zero-order valence-electron chi connectivity index (χ0n) is 9.74. The topological polar surface area (TPSA) is 76.7 Å². The van der Waals surface area contributed by atoms with Crippen LogP contribution in [-0.4, -0.2) is 38.9 Å². The molecular weight excluding hydrogens is 234 g/mol. The molecule has 3 heterocycles. The van der Waals surface area contributed by atoms with Gasteiger partial charge in [0.1, 0.15) is 5.56 Å². The predicted molar refractivity (Wildman–Crippen MR) is 62.7 cm³/mol. The molecule has 18 heavy (non-hydrogen) atoms. The number of aromatic nitrogens is 3. The Kier molecular flexibility index (Phi) is 2.71. The number of nitrogens with zero attached hydrogens (tertiary/aromatic N) is 3. The van der Waals surface area contributed by atoms with E-state index in [2.05, 4.69) is 10.1 Å². The van der Waals surface area contributed by atoms with Crippen LogP contribution in [0.5, 0.6) is 0 Å². The van der Waals surface area contributed by atoms with Crippen molar-refractivity contribution in [2.45, 2.75) is 18.8 Å². The summed E-state index contributed by atoms with van der Waals surface area (Å²) in [6.45, 7) is 1.48. The highest BCUT2D eigenvalue weighted by molar-refractivity contribution is 5.94. The van der Waals surface area contributed by atoms with E-state index < -0.39 is 5.97 Å². The van der Waals surface area contributed by atoms with Gasteiger partial charge < -0.3 is 9.84 Å². The molecule has 6 nitrogen and oxygen atoms in total. The van der Waals surface area contributed by atoms with Crippen molar-refractivity contribution in [3.05, 3.63) is 29.7 Å². The fourth-order valence-electron chi connectivity index (χ4n) is 2.36. The summed E-state index contributed by atoms with van der Waals surface area (Å²) in [5.41, 5.74) is 1.56. The summed E-state index contributed by atoms with van der Waals surface area (Å²) in [5, 5.41) is 13.2. The highest BCUT2D eigenvalue weighted by atomic mass is 16.5. The lowest BCUT2D eigenvalue weighted by atomic mass is 9.96. The fraction of sp³-hybridized carbons (Fsp3) is 0.417. The Hall–Kier alpha value is -1.95. The summed E-state index contributed by atoms with van der Waals surface area (Å²) in [6, 6.07) is 1.90. The first kappa shape index (κ1) is 11.2. The van der Waals surface area contributed by atoms with Crippen LogP contribution in [0.1, 0.15) is 34.8 Å². The summed E-state index contributed by atoms with van der Waals surface area (Å²) in [5.74, 6) is -0.646. The van der Waals surface area contributed by atoms with Gasteiger partial charge in [-0.3, -0.25) is 0 Å². The van der Waals surface area contributed by atoms with Gasteiger partial charge in [-0.25, -0.2) is 14.3 Å². The lowest BCUT2D eigenvalue weighted by Crippen LogP contribution is -2.17. The SMILES string of the molecule is O=C(O)c1cnn2c(C3CCOCC3)ccnc12. The van der Waals surface area contributed by atoms with Gasteiger partial charge in [-0.15, -0.1) is 0 Å². The highest BCUT2D eigenvalue weighted by Crippen LogP contribution is 2.27. The van der Waals surface area contributed by atoms with Crippen molar-refractivity contribution < 1.29 is 14.6 Å². The van der Waals surface area contributed by atoms with Crippen LogP contribution >= 0.6 is 0 Å². The number of aromatic carboxylic acids is 1. The zero-order valence-corrected chi connectivity index (χ0v) is 9.74. The molecule has 0 amide bonds. The van der Waals surface area contributed by atoms with E-state index >= 15 is 0 Å². The standard InChI is InChI=1S/C12H13N3O3/c16-12(17)9-7-14-15-10(1-4-13-11(9)15)8-2-5-18-6-3-8/h1,4,7-8H,2-3,5-6H2,(H,16,17). The third kappa shape index (κ3) is 1.74. The number of hydrogen-bond acceptors (Lipinski definition) is 4. The Bertz CT molecular complexity index is 587. The van der Waals surface area contributed by atoms with Gasteiger partial charge in [0.15, 0.2) is 5.65 Å². The Morgan fingerprint density at radius 3 is 2.94 bits per heavy atom. The van der Waals surface area contributed by atoms with Crippen LogP contribution in [0.3, 0.4) is 0 Å². The van der Waals surface area contributed by atoms with E-state index in [1.807, 2.05) is 6.07 Å². The van der Waals surface area contributed by atoms with Crippen molar-refractivity contribution in [2.24, 2.45) is 0 Å². The minimum Gasteiger partial charge on any atom is -0.477 e. The normalized spacial score (nSPS) is 17.1. The van der Waals surface area contributed by atoms with Crippen LogP contribution in [-0.2, 0) is 4.74 Å². The van der Waals surface area contributed by atoms with Crippen molar-refractivity contribution in [1.29, 1.82) is 0 Å². The van der Waals surface area contributed by atoms with E-state index in [4.69, 9.17) is 9.84 Å². The number of ether oxygens (including phenoxy) is 1. The molecule has 0 aromatic carbocycles. The van der Waals surface area contributed by atoms with Crippen LogP contribution in [0.2, 0.25) is 0 Å². The Labute approximate surface area is 103 Å². The van der Waals surface area contributed by atoms with Crippen LogP contribution in [0.4, 0.5) is 0 Å². The molecule has 94 valence electrons. The minimum absolute atomic E-state index is 0.143. The summed E-state index contributed by atoms with van der Waals surface area (Å²) in [4.78, 5) is 15.2. The Morgan fingerprint density at radius 1 is 1.44 bits per heavy atom. The van der Waals surface area contributed by atoms with Crippen molar-refractivity contribution in [3.63, 3.8) is 0 Å². The molecule has 0 radical (unpaired) electrons. The third-order valence-electron chi connectivity index (χ3n) is 3.30. The van der Waals surface area contributed by atoms with E-state index in [1.165, 1.54) is 6.20 Å². The molecule has 2 aromatic heterocycles. The molecule has 1 aliphatic heterocycles. The maximum absolute atomic E-state index is 11.1. The lowest BCUT2D eigenvalue weighted by molar-refractivity contribution is 0.0698. The number of carbonyl (C=O) groups is 1. The highest BCUT2D eigenvalue weighted by Gasteiger charge is 2.21. The first-order chi connectivity index (χ1) is 8.77. The van der Waals surface area contributed by atoms with E-state index in [-0.39, 0.29) is 5.56 Å². The zero-order chi connectivity index (χ0) is 12.5. The van der Waals surface area contributed by atoms with E-state index in [9.17, 15) is 4.79 Å². The average Bonchev–Trinajstić information content (AvgIpc) is 2.83. The number of rotatable bonds is 2. The molecular formula is C12H13N3O3. The second kappa shape index (κ2) is 4.38. The molecule has 0 aliphatic carbocycles. The number of hydrogen-bond donors (Lipinski definition) is 1. The van der Waals surface area contributed by atoms with Crippen molar-refractivity contribution in [1.82, 2.24) is 14.6 Å². The van der Waals surface area contributed by atoms with E-state index in [0.717, 1.165) is 31.7 Å². The number of carboxylic acids is 1. The smallest absolute Gasteiger partial charge is 0.341 e. The van der Waals surface area contributed by atoms with Gasteiger partial charge in [-0.1, -0.05) is 0 Å². The molecule has 0 unspecified atom stereocenters. The van der Waals surface area contributed by atoms with Crippen LogP contribution in [0, 0.1) is 0 Å². The van der Waals surface area contributed by atoms with Gasteiger partial charge in [0.05, 0.1) is 6.20 Å². The summed E-state index contributed by atoms with van der Waals surface area (Å²) in [7, 11) is 0. The Balaban J connectivity index is 2.09. The average molecular weight is 247 g/mol. The van der Waals surface area contributed by atoms with E-state index in [0.29, 0.717) is 11.6 Å². The number of carboxylic acid groups (broad SMARTS) is 1. The van der Waals surface area contributed by atoms with Gasteiger partial charge in [-0.2, -0.15) is 5.10 Å². The monoisotopic (exact) mass is 247 g/mol. The summed E-state index contributed by atoms with van der Waals surface area (Å²) in [6.07, 6.45) is 4.87. The van der Waals surface area contributed by atoms with Crippen molar-refractivity contribution >= 4 is 11.6 Å². The molecule has 0 atom stereocenters. The fourth-order valence-corrected chi connectivity index (χ4v) is 2.36. The lowest BCUT2D eigenvalue weighted by Gasteiger charge is -2.22. The van der Waals surface area contributed by atoms with Crippen molar-refractivity contribution in [2.75, 3.05) is 13.2 Å². The van der Waals surface area contributed by atoms with E-state index in [1.54, 1.807) is 10.7 Å². The second-order valence-corrected chi connectivity index (χ2v) is 4.36. The van der Waals surface area contributed by atoms with Gasteiger partial charge in [0.25, 0.3) is 0 Å². The summed E-state index contributed by atoms with van der Waals surface area (Å²) < 4.78 is 6.98.